The van der Waals surface area contributed by atoms with Gasteiger partial charge in [-0.05, 0) is 18.2 Å². The van der Waals surface area contributed by atoms with Gasteiger partial charge >= 0.3 is 0 Å². The summed E-state index contributed by atoms with van der Waals surface area (Å²) in [6, 6.07) is 13.1. The number of carbonyl (C=O) groups excluding carboxylic acids is 2. The molecule has 2 aromatic rings. The molecular weight excluding hydrogens is 340 g/mol. The highest BCUT2D eigenvalue weighted by molar-refractivity contribution is 6.36. The van der Waals surface area contributed by atoms with E-state index in [1.54, 1.807) is 0 Å². The second-order valence-corrected chi connectivity index (χ2v) is 6.23. The van der Waals surface area contributed by atoms with E-state index in [4.69, 9.17) is 16.3 Å². The van der Waals surface area contributed by atoms with Gasteiger partial charge in [0.15, 0.2) is 0 Å². The molecule has 0 aliphatic carbocycles. The molecule has 0 bridgehead atoms. The molecule has 0 fully saturated rings. The van der Waals surface area contributed by atoms with Gasteiger partial charge < -0.3 is 15.4 Å². The minimum absolute atomic E-state index is 0.146. The Morgan fingerprint density at radius 1 is 1.20 bits per heavy atom. The lowest BCUT2D eigenvalue weighted by Crippen LogP contribution is -2.11. The van der Waals surface area contributed by atoms with Crippen LogP contribution in [0.25, 0.3) is 11.3 Å². The van der Waals surface area contributed by atoms with Crippen LogP contribution in [0.3, 0.4) is 0 Å². The zero-order valence-electron chi connectivity index (χ0n) is 13.3. The van der Waals surface area contributed by atoms with Gasteiger partial charge in [0.2, 0.25) is 5.91 Å². The minimum Gasteiger partial charge on any atom is -0.487 e. The number of rotatable bonds is 3. The summed E-state index contributed by atoms with van der Waals surface area (Å²) < 4.78 is 5.83. The molecule has 0 radical (unpaired) electrons. The first kappa shape index (κ1) is 15.7. The van der Waals surface area contributed by atoms with Crippen LogP contribution in [0.5, 0.6) is 0 Å². The highest BCUT2D eigenvalue weighted by Crippen LogP contribution is 2.42. The Bertz CT molecular complexity index is 921. The topological polar surface area (TPSA) is 67.4 Å². The first-order valence-corrected chi connectivity index (χ1v) is 8.48. The van der Waals surface area contributed by atoms with Crippen LogP contribution in [-0.2, 0) is 20.9 Å². The van der Waals surface area contributed by atoms with Crippen LogP contribution >= 0.6 is 11.6 Å². The summed E-state index contributed by atoms with van der Waals surface area (Å²) >= 11 is 5.60. The predicted octanol–water partition coefficient (Wildman–Crippen LogP) is 3.60. The Morgan fingerprint density at radius 3 is 2.88 bits per heavy atom. The van der Waals surface area contributed by atoms with Crippen LogP contribution < -0.4 is 10.6 Å². The van der Waals surface area contributed by atoms with Crippen molar-refractivity contribution in [1.82, 2.24) is 0 Å². The van der Waals surface area contributed by atoms with Gasteiger partial charge in [0.25, 0.3) is 5.91 Å². The summed E-state index contributed by atoms with van der Waals surface area (Å²) in [5.74, 6) is 0.491. The van der Waals surface area contributed by atoms with Crippen LogP contribution in [0, 0.1) is 0 Å². The zero-order valence-corrected chi connectivity index (χ0v) is 14.0. The Labute approximate surface area is 149 Å². The van der Waals surface area contributed by atoms with Crippen molar-refractivity contribution in [2.24, 2.45) is 0 Å². The van der Waals surface area contributed by atoms with E-state index in [1.807, 2.05) is 42.5 Å². The molecule has 2 N–H and O–H groups in total. The molecule has 0 unspecified atom stereocenters. The van der Waals surface area contributed by atoms with E-state index in [9.17, 15) is 9.59 Å². The number of hydrogen-bond donors (Lipinski definition) is 2. The molecule has 2 amide bonds. The van der Waals surface area contributed by atoms with Crippen molar-refractivity contribution in [2.75, 3.05) is 16.5 Å². The molecule has 6 heteroatoms. The molecule has 2 aromatic carbocycles. The monoisotopic (exact) mass is 354 g/mol. The fraction of sp³-hybridized carbons (Fsp3) is 0.158. The Kier molecular flexibility index (Phi) is 3.93. The summed E-state index contributed by atoms with van der Waals surface area (Å²) in [6.45, 7) is 0.402. The van der Waals surface area contributed by atoms with Crippen molar-refractivity contribution in [3.63, 3.8) is 0 Å². The van der Waals surface area contributed by atoms with Crippen LogP contribution in [0.2, 0.25) is 0 Å². The summed E-state index contributed by atoms with van der Waals surface area (Å²) in [6.07, 6.45) is 0.249. The number of benzene rings is 2. The van der Waals surface area contributed by atoms with E-state index >= 15 is 0 Å². The average molecular weight is 355 g/mol. The molecule has 2 aliphatic rings. The Hall–Kier alpha value is -2.79. The quantitative estimate of drug-likeness (QED) is 0.653. The van der Waals surface area contributed by atoms with Crippen molar-refractivity contribution in [3.8, 4) is 0 Å². The average Bonchev–Trinajstić information content (AvgIpc) is 3.14. The molecule has 4 rings (SSSR count). The molecule has 0 saturated carbocycles. The molecule has 5 nitrogen and oxygen atoms in total. The molecule has 2 heterocycles. The van der Waals surface area contributed by atoms with E-state index in [0.29, 0.717) is 23.6 Å². The minimum atomic E-state index is -0.180. The number of amides is 2. The van der Waals surface area contributed by atoms with Gasteiger partial charge in [-0.25, -0.2) is 0 Å². The van der Waals surface area contributed by atoms with Crippen molar-refractivity contribution in [1.29, 1.82) is 0 Å². The van der Waals surface area contributed by atoms with Crippen LogP contribution in [0.4, 0.5) is 11.4 Å². The normalized spacial score (nSPS) is 17.6. The number of ether oxygens (including phenoxy) is 1. The fourth-order valence-electron chi connectivity index (χ4n) is 3.08. The summed E-state index contributed by atoms with van der Waals surface area (Å²) in [7, 11) is 0. The van der Waals surface area contributed by atoms with Crippen LogP contribution in [0.15, 0.2) is 42.5 Å². The third kappa shape index (κ3) is 2.76. The summed E-state index contributed by atoms with van der Waals surface area (Å²) in [5.41, 5.74) is 4.59. The lowest BCUT2D eigenvalue weighted by molar-refractivity contribution is -0.115. The van der Waals surface area contributed by atoms with E-state index in [-0.39, 0.29) is 24.1 Å². The first-order chi connectivity index (χ1) is 12.2. The maximum absolute atomic E-state index is 12.4. The number of alkyl halides is 1. The fourth-order valence-corrected chi connectivity index (χ4v) is 3.25. The largest absolute Gasteiger partial charge is 0.487 e. The number of nitrogens with one attached hydrogen (secondary N) is 2. The van der Waals surface area contributed by atoms with Crippen molar-refractivity contribution in [3.05, 3.63) is 59.2 Å². The van der Waals surface area contributed by atoms with Gasteiger partial charge in [-0.2, -0.15) is 0 Å². The second kappa shape index (κ2) is 6.26. The summed E-state index contributed by atoms with van der Waals surface area (Å²) in [4.78, 5) is 24.2. The smallest absolute Gasteiger partial charge is 0.260 e. The molecule has 126 valence electrons. The Balaban J connectivity index is 1.77. The lowest BCUT2D eigenvalue weighted by atomic mass is 10.00. The number of anilines is 2. The van der Waals surface area contributed by atoms with Crippen molar-refractivity contribution >= 4 is 46.1 Å². The third-order valence-corrected chi connectivity index (χ3v) is 4.42. The number of halogens is 1. The molecule has 0 aromatic heterocycles. The predicted molar refractivity (Wildman–Crippen MR) is 97.1 cm³/mol. The number of fused-ring (bicyclic) bond motifs is 2. The van der Waals surface area contributed by atoms with Gasteiger partial charge in [0, 0.05) is 40.4 Å². The van der Waals surface area contributed by atoms with E-state index in [1.165, 1.54) is 0 Å². The van der Waals surface area contributed by atoms with Crippen LogP contribution in [-0.4, -0.2) is 17.7 Å². The standard InChI is InChI=1S/C19H15ClN2O3/c20-8-7-16(23)21-12-6-5-11-10-25-18(14(11)9-12)17-13-3-1-2-4-15(13)22-19(17)24/h1-6,9H,7-8,10H2,(H,21,23)(H,22,24)/b18-17+. The van der Waals surface area contributed by atoms with Gasteiger partial charge in [-0.1, -0.05) is 24.3 Å². The van der Waals surface area contributed by atoms with Gasteiger partial charge in [0.05, 0.1) is 5.57 Å². The molecule has 0 saturated heterocycles. The maximum Gasteiger partial charge on any atom is 0.260 e. The second-order valence-electron chi connectivity index (χ2n) is 5.85. The molecule has 2 aliphatic heterocycles. The number of para-hydroxylation sites is 1. The molecule has 0 spiro atoms. The van der Waals surface area contributed by atoms with Crippen LogP contribution in [0.1, 0.15) is 23.1 Å². The van der Waals surface area contributed by atoms with Gasteiger partial charge in [-0.15, -0.1) is 11.6 Å². The SMILES string of the molecule is O=C(CCCl)Nc1ccc2c(c1)/C(=C1\C(=O)Nc3ccccc31)OC2. The lowest BCUT2D eigenvalue weighted by Gasteiger charge is -2.08. The van der Waals surface area contributed by atoms with E-state index < -0.39 is 0 Å². The highest BCUT2D eigenvalue weighted by atomic mass is 35.5. The number of carbonyl (C=O) groups is 2. The van der Waals surface area contributed by atoms with Crippen molar-refractivity contribution < 1.29 is 14.3 Å². The summed E-state index contributed by atoms with van der Waals surface area (Å²) in [5, 5.41) is 5.67. The maximum atomic E-state index is 12.4. The molecular formula is C19H15ClN2O3. The highest BCUT2D eigenvalue weighted by Gasteiger charge is 2.32. The van der Waals surface area contributed by atoms with E-state index in [2.05, 4.69) is 10.6 Å². The van der Waals surface area contributed by atoms with Gasteiger partial charge in [-0.3, -0.25) is 9.59 Å². The van der Waals surface area contributed by atoms with Crippen molar-refractivity contribution in [2.45, 2.75) is 13.0 Å². The number of hydrogen-bond acceptors (Lipinski definition) is 3. The molecule has 0 atom stereocenters. The molecule has 25 heavy (non-hydrogen) atoms. The first-order valence-electron chi connectivity index (χ1n) is 7.94. The third-order valence-electron chi connectivity index (χ3n) is 4.23. The Morgan fingerprint density at radius 2 is 2.04 bits per heavy atom. The zero-order chi connectivity index (χ0) is 17.4. The van der Waals surface area contributed by atoms with E-state index in [0.717, 1.165) is 22.4 Å². The van der Waals surface area contributed by atoms with Gasteiger partial charge in [0.1, 0.15) is 12.4 Å².